The molecular weight excluding hydrogens is 238 g/mol. The molecule has 5 heteroatoms. The van der Waals surface area contributed by atoms with Gasteiger partial charge in [-0.1, -0.05) is 18.2 Å². The minimum absolute atomic E-state index is 0.0644. The van der Waals surface area contributed by atoms with E-state index in [1.807, 2.05) is 0 Å². The van der Waals surface area contributed by atoms with Crippen LogP contribution in [0, 0.1) is 5.92 Å². The summed E-state index contributed by atoms with van der Waals surface area (Å²) in [5.41, 5.74) is -0.943. The first kappa shape index (κ1) is 12.5. The van der Waals surface area contributed by atoms with Gasteiger partial charge in [-0.05, 0) is 37.8 Å². The van der Waals surface area contributed by atoms with E-state index in [1.54, 1.807) is 25.1 Å². The van der Waals surface area contributed by atoms with Crippen LogP contribution in [0.25, 0.3) is 0 Å². The van der Waals surface area contributed by atoms with Crippen molar-refractivity contribution in [3.8, 4) is 0 Å². The summed E-state index contributed by atoms with van der Waals surface area (Å²) in [5, 5.41) is 10.0. The van der Waals surface area contributed by atoms with Crippen LogP contribution in [-0.2, 0) is 10.0 Å². The Morgan fingerprint density at radius 1 is 1.35 bits per heavy atom. The number of sulfonamides is 1. The van der Waals surface area contributed by atoms with Crippen molar-refractivity contribution >= 4 is 10.0 Å². The number of hydrogen-bond acceptors (Lipinski definition) is 3. The van der Waals surface area contributed by atoms with Gasteiger partial charge in [-0.15, -0.1) is 0 Å². The van der Waals surface area contributed by atoms with Crippen LogP contribution in [0.2, 0.25) is 0 Å². The van der Waals surface area contributed by atoms with E-state index in [-0.39, 0.29) is 17.4 Å². The summed E-state index contributed by atoms with van der Waals surface area (Å²) in [6, 6.07) is 8.18. The molecule has 2 rings (SSSR count). The summed E-state index contributed by atoms with van der Waals surface area (Å²) in [7, 11) is -3.51. The average molecular weight is 255 g/mol. The molecule has 0 aromatic heterocycles. The molecule has 94 valence electrons. The van der Waals surface area contributed by atoms with Crippen molar-refractivity contribution in [3.63, 3.8) is 0 Å². The lowest BCUT2D eigenvalue weighted by Crippen LogP contribution is -2.42. The minimum Gasteiger partial charge on any atom is -0.389 e. The smallest absolute Gasteiger partial charge is 0.240 e. The van der Waals surface area contributed by atoms with E-state index in [0.29, 0.717) is 0 Å². The van der Waals surface area contributed by atoms with Gasteiger partial charge < -0.3 is 5.11 Å². The van der Waals surface area contributed by atoms with Crippen LogP contribution < -0.4 is 4.72 Å². The second-order valence-electron chi connectivity index (χ2n) is 4.77. The SMILES string of the molecule is CC(O)(CNS(=O)(=O)c1ccccc1)C1CC1. The van der Waals surface area contributed by atoms with Crippen LogP contribution in [0.4, 0.5) is 0 Å². The van der Waals surface area contributed by atoms with Gasteiger partial charge in [0.2, 0.25) is 10.0 Å². The zero-order valence-electron chi connectivity index (χ0n) is 9.76. The maximum Gasteiger partial charge on any atom is 0.240 e. The molecule has 0 amide bonds. The van der Waals surface area contributed by atoms with E-state index in [2.05, 4.69) is 4.72 Å². The van der Waals surface area contributed by atoms with Gasteiger partial charge in [0, 0.05) is 6.54 Å². The maximum atomic E-state index is 11.9. The standard InChI is InChI=1S/C12H17NO3S/c1-12(14,10-7-8-10)9-13-17(15,16)11-5-3-2-4-6-11/h2-6,10,13-14H,7-9H2,1H3. The highest BCUT2D eigenvalue weighted by Gasteiger charge is 2.40. The van der Waals surface area contributed by atoms with Gasteiger partial charge in [-0.3, -0.25) is 0 Å². The zero-order chi connectivity index (χ0) is 12.5. The molecule has 0 saturated heterocycles. The Morgan fingerprint density at radius 3 is 2.47 bits per heavy atom. The largest absolute Gasteiger partial charge is 0.389 e. The molecule has 1 saturated carbocycles. The maximum absolute atomic E-state index is 11.9. The van der Waals surface area contributed by atoms with Crippen molar-refractivity contribution in [2.24, 2.45) is 5.92 Å². The van der Waals surface area contributed by atoms with Crippen LogP contribution >= 0.6 is 0 Å². The molecule has 1 aromatic rings. The van der Waals surface area contributed by atoms with Crippen LogP contribution in [0.5, 0.6) is 0 Å². The highest BCUT2D eigenvalue weighted by atomic mass is 32.2. The molecule has 1 aliphatic carbocycles. The molecule has 1 atom stereocenters. The van der Waals surface area contributed by atoms with Crippen LogP contribution in [0.15, 0.2) is 35.2 Å². The Balaban J connectivity index is 2.03. The summed E-state index contributed by atoms with van der Waals surface area (Å²) in [6.07, 6.45) is 1.94. The normalized spacial score (nSPS) is 19.9. The van der Waals surface area contributed by atoms with E-state index in [0.717, 1.165) is 12.8 Å². The third kappa shape index (κ3) is 3.06. The Kier molecular flexibility index (Phi) is 3.25. The van der Waals surface area contributed by atoms with E-state index >= 15 is 0 Å². The molecule has 1 aliphatic rings. The van der Waals surface area contributed by atoms with Crippen molar-refractivity contribution in [1.82, 2.24) is 4.72 Å². The predicted octanol–water partition coefficient (Wildman–Crippen LogP) is 1.13. The fourth-order valence-electron chi connectivity index (χ4n) is 1.77. The van der Waals surface area contributed by atoms with Crippen LogP contribution in [-0.4, -0.2) is 25.7 Å². The second-order valence-corrected chi connectivity index (χ2v) is 6.54. The van der Waals surface area contributed by atoms with Crippen molar-refractivity contribution in [2.45, 2.75) is 30.3 Å². The summed E-state index contributed by atoms with van der Waals surface area (Å²) in [5.74, 6) is 0.223. The topological polar surface area (TPSA) is 66.4 Å². The quantitative estimate of drug-likeness (QED) is 0.828. The van der Waals surface area contributed by atoms with Gasteiger partial charge in [0.15, 0.2) is 0 Å². The molecule has 0 bridgehead atoms. The molecule has 0 aliphatic heterocycles. The van der Waals surface area contributed by atoms with E-state index in [9.17, 15) is 13.5 Å². The molecule has 0 spiro atoms. The highest BCUT2D eigenvalue weighted by molar-refractivity contribution is 7.89. The van der Waals surface area contributed by atoms with Crippen molar-refractivity contribution in [1.29, 1.82) is 0 Å². The minimum atomic E-state index is -3.51. The molecule has 0 heterocycles. The Labute approximate surface area is 102 Å². The summed E-state index contributed by atoms with van der Waals surface area (Å²) in [4.78, 5) is 0.228. The Morgan fingerprint density at radius 2 is 1.94 bits per heavy atom. The first-order valence-electron chi connectivity index (χ1n) is 5.69. The molecule has 17 heavy (non-hydrogen) atoms. The monoisotopic (exact) mass is 255 g/mol. The Hall–Kier alpha value is -0.910. The van der Waals surface area contributed by atoms with Gasteiger partial charge in [-0.25, -0.2) is 13.1 Å². The second kappa shape index (κ2) is 4.40. The van der Waals surface area contributed by atoms with Gasteiger partial charge >= 0.3 is 0 Å². The van der Waals surface area contributed by atoms with Crippen molar-refractivity contribution < 1.29 is 13.5 Å². The van der Waals surface area contributed by atoms with Gasteiger partial charge in [0.1, 0.15) is 0 Å². The zero-order valence-corrected chi connectivity index (χ0v) is 10.6. The number of aliphatic hydroxyl groups is 1. The molecule has 1 fully saturated rings. The van der Waals surface area contributed by atoms with E-state index in [4.69, 9.17) is 0 Å². The lowest BCUT2D eigenvalue weighted by Gasteiger charge is -2.23. The summed E-state index contributed by atoms with van der Waals surface area (Å²) in [6.45, 7) is 1.74. The molecule has 4 nitrogen and oxygen atoms in total. The molecular formula is C12H17NO3S. The van der Waals surface area contributed by atoms with Gasteiger partial charge in [0.05, 0.1) is 10.5 Å². The first-order chi connectivity index (χ1) is 7.92. The van der Waals surface area contributed by atoms with Crippen LogP contribution in [0.3, 0.4) is 0 Å². The summed E-state index contributed by atoms with van der Waals surface area (Å²) < 4.78 is 26.3. The van der Waals surface area contributed by atoms with E-state index < -0.39 is 15.6 Å². The molecule has 2 N–H and O–H groups in total. The number of benzene rings is 1. The molecule has 1 unspecified atom stereocenters. The molecule has 0 radical (unpaired) electrons. The Bertz CT molecular complexity index is 478. The number of hydrogen-bond donors (Lipinski definition) is 2. The average Bonchev–Trinajstić information content (AvgIpc) is 3.12. The van der Waals surface area contributed by atoms with Crippen molar-refractivity contribution in [3.05, 3.63) is 30.3 Å². The highest BCUT2D eigenvalue weighted by Crippen LogP contribution is 2.39. The van der Waals surface area contributed by atoms with Gasteiger partial charge in [-0.2, -0.15) is 0 Å². The third-order valence-electron chi connectivity index (χ3n) is 3.13. The number of rotatable bonds is 5. The lowest BCUT2D eigenvalue weighted by atomic mass is 10.0. The van der Waals surface area contributed by atoms with Gasteiger partial charge in [0.25, 0.3) is 0 Å². The third-order valence-corrected chi connectivity index (χ3v) is 4.55. The molecule has 1 aromatic carbocycles. The van der Waals surface area contributed by atoms with Crippen molar-refractivity contribution in [2.75, 3.05) is 6.54 Å². The predicted molar refractivity (Wildman–Crippen MR) is 65.0 cm³/mol. The fourth-order valence-corrected chi connectivity index (χ4v) is 2.94. The van der Waals surface area contributed by atoms with E-state index in [1.165, 1.54) is 12.1 Å². The van der Waals surface area contributed by atoms with Crippen LogP contribution in [0.1, 0.15) is 19.8 Å². The first-order valence-corrected chi connectivity index (χ1v) is 7.17. The summed E-state index contributed by atoms with van der Waals surface area (Å²) >= 11 is 0. The fraction of sp³-hybridized carbons (Fsp3) is 0.500. The number of nitrogens with one attached hydrogen (secondary N) is 1. The lowest BCUT2D eigenvalue weighted by molar-refractivity contribution is 0.0422.